The third kappa shape index (κ3) is 3.70. The van der Waals surface area contributed by atoms with Crippen LogP contribution < -0.4 is 15.5 Å². The van der Waals surface area contributed by atoms with Gasteiger partial charge in [-0.25, -0.2) is 0 Å². The van der Waals surface area contributed by atoms with Gasteiger partial charge in [0.15, 0.2) is 24.0 Å². The van der Waals surface area contributed by atoms with Gasteiger partial charge in [0.25, 0.3) is 5.91 Å². The topological polar surface area (TPSA) is 107 Å². The Bertz CT molecular complexity index is 1190. The minimum atomic E-state index is -0.388. The smallest absolute Gasteiger partial charge is 0.276 e. The number of benzene rings is 1. The summed E-state index contributed by atoms with van der Waals surface area (Å²) in [5.74, 6) is 7.18. The molecule has 1 aromatic carbocycles. The highest BCUT2D eigenvalue weighted by Crippen LogP contribution is 2.41. The highest BCUT2D eigenvalue weighted by Gasteiger charge is 2.54. The van der Waals surface area contributed by atoms with Gasteiger partial charge in [-0.15, -0.1) is 5.92 Å². The maximum Gasteiger partial charge on any atom is 0.276 e. The molecule has 33 heavy (non-hydrogen) atoms. The summed E-state index contributed by atoms with van der Waals surface area (Å²) < 4.78 is 7.80. The molecular weight excluding hydrogens is 418 g/mol. The lowest BCUT2D eigenvalue weighted by Gasteiger charge is -2.32. The van der Waals surface area contributed by atoms with Crippen LogP contribution in [0.2, 0.25) is 0 Å². The van der Waals surface area contributed by atoms with Crippen molar-refractivity contribution in [2.24, 2.45) is 5.73 Å². The Morgan fingerprint density at radius 3 is 2.88 bits per heavy atom. The maximum absolute atomic E-state index is 14.0. The zero-order valence-electron chi connectivity index (χ0n) is 18.9. The molecule has 1 amide bonds. The van der Waals surface area contributed by atoms with E-state index in [1.165, 1.54) is 0 Å². The van der Waals surface area contributed by atoms with E-state index in [2.05, 4.69) is 22.8 Å². The molecular formula is C24H27N7O2. The van der Waals surface area contributed by atoms with Crippen molar-refractivity contribution in [2.75, 3.05) is 29.9 Å². The number of epoxide rings is 1. The number of imidazole rings is 1. The van der Waals surface area contributed by atoms with Crippen LogP contribution in [0.15, 0.2) is 24.3 Å². The summed E-state index contributed by atoms with van der Waals surface area (Å²) in [6.45, 7) is 3.95. The molecule has 0 saturated carbocycles. The number of likely N-dealkylation sites (N-methyl/N-ethyl adjacent to an activating group) is 1. The minimum Gasteiger partial charge on any atom is -0.341 e. The Balaban J connectivity index is 1.58. The number of hydrogen-bond donors (Lipinski definition) is 1. The van der Waals surface area contributed by atoms with Crippen LogP contribution in [0.3, 0.4) is 0 Å². The highest BCUT2D eigenvalue weighted by molar-refractivity contribution is 5.99. The predicted molar refractivity (Wildman–Crippen MR) is 123 cm³/mol. The van der Waals surface area contributed by atoms with E-state index in [-0.39, 0.29) is 30.9 Å². The molecule has 2 unspecified atom stereocenters. The van der Waals surface area contributed by atoms with Crippen LogP contribution in [0.4, 0.5) is 11.8 Å². The maximum atomic E-state index is 14.0. The number of amides is 1. The minimum absolute atomic E-state index is 0.0736. The van der Waals surface area contributed by atoms with Crippen LogP contribution in [-0.4, -0.2) is 59.0 Å². The van der Waals surface area contributed by atoms with E-state index < -0.39 is 0 Å². The largest absolute Gasteiger partial charge is 0.341 e. The Hall–Kier alpha value is -3.53. The summed E-state index contributed by atoms with van der Waals surface area (Å²) in [5, 5.41) is 9.52. The van der Waals surface area contributed by atoms with E-state index in [0.717, 1.165) is 30.9 Å². The molecule has 170 valence electrons. The van der Waals surface area contributed by atoms with E-state index >= 15 is 0 Å². The normalized spacial score (nSPS) is 23.8. The second-order valence-corrected chi connectivity index (χ2v) is 8.68. The summed E-state index contributed by atoms with van der Waals surface area (Å²) in [6.07, 6.45) is 1.30. The highest BCUT2D eigenvalue weighted by atomic mass is 16.6. The van der Waals surface area contributed by atoms with E-state index in [9.17, 15) is 10.1 Å². The lowest BCUT2D eigenvalue weighted by atomic mass is 10.1. The Morgan fingerprint density at radius 2 is 2.12 bits per heavy atom. The standard InChI is InChI=1S/C24H27N7O2/c1-3-4-12-30-19-20(27-24(30)29-11-7-10-18(26)15-29)28(2)22-23(33-22)31(21(19)32)14-17-9-6-5-8-16(17)13-25/h5-6,8-9,18,22-23H,7,10-12,14-15,26H2,1-2H3/t18-,22?,23?/m1/s1. The van der Waals surface area contributed by atoms with Crippen molar-refractivity contribution in [3.63, 3.8) is 0 Å². The van der Waals surface area contributed by atoms with Gasteiger partial charge in [0.2, 0.25) is 5.95 Å². The Labute approximate surface area is 193 Å². The van der Waals surface area contributed by atoms with E-state index in [0.29, 0.717) is 30.2 Å². The number of hydrogen-bond acceptors (Lipinski definition) is 7. The third-order valence-electron chi connectivity index (χ3n) is 6.49. The molecule has 2 fully saturated rings. The first-order valence-corrected chi connectivity index (χ1v) is 11.2. The fourth-order valence-electron chi connectivity index (χ4n) is 4.72. The van der Waals surface area contributed by atoms with Gasteiger partial charge >= 0.3 is 0 Å². The van der Waals surface area contributed by atoms with Crippen molar-refractivity contribution in [3.8, 4) is 17.9 Å². The second kappa shape index (κ2) is 8.43. The van der Waals surface area contributed by atoms with Crippen molar-refractivity contribution in [1.29, 1.82) is 5.26 Å². The van der Waals surface area contributed by atoms with Gasteiger partial charge in [-0.2, -0.15) is 10.2 Å². The Kier molecular flexibility index (Phi) is 5.45. The number of anilines is 2. The van der Waals surface area contributed by atoms with Gasteiger partial charge in [0.1, 0.15) is 0 Å². The molecule has 0 spiro atoms. The number of nitriles is 1. The molecule has 0 aliphatic carbocycles. The van der Waals surface area contributed by atoms with Gasteiger partial charge in [-0.1, -0.05) is 24.1 Å². The average Bonchev–Trinajstić information content (AvgIpc) is 3.53. The van der Waals surface area contributed by atoms with Crippen LogP contribution in [0.25, 0.3) is 0 Å². The quantitative estimate of drug-likeness (QED) is 0.561. The number of piperidine rings is 1. The first-order chi connectivity index (χ1) is 16.0. The van der Waals surface area contributed by atoms with E-state index in [4.69, 9.17) is 15.5 Å². The molecule has 3 atom stereocenters. The van der Waals surface area contributed by atoms with Gasteiger partial charge < -0.3 is 25.2 Å². The number of aromatic nitrogens is 2. The first-order valence-electron chi connectivity index (χ1n) is 11.2. The summed E-state index contributed by atoms with van der Waals surface area (Å²) >= 11 is 0. The SMILES string of the molecule is CC#CCn1c(N2CCC[C@@H](N)C2)nc2c1C(=O)N(Cc1ccccc1C#N)C1OC1N2C. The number of nitrogens with zero attached hydrogens (tertiary/aromatic N) is 6. The molecule has 3 aliphatic heterocycles. The Morgan fingerprint density at radius 1 is 1.30 bits per heavy atom. The lowest BCUT2D eigenvalue weighted by molar-refractivity contribution is 0.0642. The third-order valence-corrected chi connectivity index (χ3v) is 6.49. The fourth-order valence-corrected chi connectivity index (χ4v) is 4.72. The molecule has 2 saturated heterocycles. The van der Waals surface area contributed by atoms with Crippen molar-refractivity contribution in [2.45, 2.75) is 51.4 Å². The predicted octanol–water partition coefficient (Wildman–Crippen LogP) is 1.48. The zero-order chi connectivity index (χ0) is 23.1. The summed E-state index contributed by atoms with van der Waals surface area (Å²) in [6, 6.07) is 9.63. The number of carbonyl (C=O) groups excluding carboxylic acids is 1. The van der Waals surface area contributed by atoms with Gasteiger partial charge in [0, 0.05) is 26.2 Å². The number of fused-ring (bicyclic) bond motifs is 2. The molecule has 3 aliphatic rings. The first kappa shape index (κ1) is 21.3. The van der Waals surface area contributed by atoms with E-state index in [1.807, 2.05) is 34.7 Å². The van der Waals surface area contributed by atoms with Crippen molar-refractivity contribution in [1.82, 2.24) is 14.5 Å². The lowest BCUT2D eigenvalue weighted by Crippen LogP contribution is -2.44. The summed E-state index contributed by atoms with van der Waals surface area (Å²) in [4.78, 5) is 24.7. The zero-order valence-corrected chi connectivity index (χ0v) is 18.9. The monoisotopic (exact) mass is 445 g/mol. The molecule has 5 rings (SSSR count). The molecule has 4 heterocycles. The fraction of sp³-hybridized carbons (Fsp3) is 0.458. The van der Waals surface area contributed by atoms with Crippen LogP contribution in [0.5, 0.6) is 0 Å². The van der Waals surface area contributed by atoms with Crippen LogP contribution in [0.1, 0.15) is 41.4 Å². The van der Waals surface area contributed by atoms with Crippen LogP contribution >= 0.6 is 0 Å². The summed E-state index contributed by atoms with van der Waals surface area (Å²) in [7, 11) is 1.90. The molecule has 2 aromatic rings. The van der Waals surface area contributed by atoms with Gasteiger partial charge in [-0.3, -0.25) is 9.36 Å². The molecule has 2 N–H and O–H groups in total. The molecule has 0 radical (unpaired) electrons. The van der Waals surface area contributed by atoms with Crippen LogP contribution in [0, 0.1) is 23.2 Å². The van der Waals surface area contributed by atoms with Crippen molar-refractivity contribution in [3.05, 3.63) is 41.1 Å². The number of nitrogens with two attached hydrogens (primary N) is 1. The second-order valence-electron chi connectivity index (χ2n) is 8.68. The number of carbonyl (C=O) groups is 1. The molecule has 9 heteroatoms. The molecule has 1 aromatic heterocycles. The molecule has 0 bridgehead atoms. The van der Waals surface area contributed by atoms with Gasteiger partial charge in [-0.05, 0) is 31.4 Å². The van der Waals surface area contributed by atoms with E-state index in [1.54, 1.807) is 17.9 Å². The van der Waals surface area contributed by atoms with Crippen molar-refractivity contribution < 1.29 is 9.53 Å². The van der Waals surface area contributed by atoms with Gasteiger partial charge in [0.05, 0.1) is 24.7 Å². The number of ether oxygens (including phenoxy) is 1. The summed E-state index contributed by atoms with van der Waals surface area (Å²) in [5.41, 5.74) is 8.08. The average molecular weight is 446 g/mol. The number of rotatable bonds is 4. The van der Waals surface area contributed by atoms with Crippen LogP contribution in [-0.2, 0) is 17.8 Å². The molecule has 9 nitrogen and oxygen atoms in total. The van der Waals surface area contributed by atoms with Crippen molar-refractivity contribution >= 4 is 17.7 Å².